The summed E-state index contributed by atoms with van der Waals surface area (Å²) in [4.78, 5) is 25.6. The quantitative estimate of drug-likeness (QED) is 0.0580. The number of aromatic nitrogens is 1. The lowest BCUT2D eigenvalue weighted by atomic mass is 9.82. The lowest BCUT2D eigenvalue weighted by Crippen LogP contribution is -2.46. The minimum absolute atomic E-state index is 0.139. The van der Waals surface area contributed by atoms with Crippen LogP contribution in [0.3, 0.4) is 0 Å². The Morgan fingerprint density at radius 2 is 1.80 bits per heavy atom. The normalized spacial score (nSPS) is 14.0. The van der Waals surface area contributed by atoms with Gasteiger partial charge in [0.2, 0.25) is 0 Å². The van der Waals surface area contributed by atoms with Crippen LogP contribution in [-0.4, -0.2) is 83.3 Å². The molecule has 3 aromatic rings. The zero-order valence-electron chi connectivity index (χ0n) is 30.1. The molecule has 13 heteroatoms. The molecule has 0 aliphatic rings. The van der Waals surface area contributed by atoms with Gasteiger partial charge in [-0.05, 0) is 59.9 Å². The van der Waals surface area contributed by atoms with Gasteiger partial charge in [-0.15, -0.1) is 0 Å². The number of aliphatic hydroxyl groups excluding tert-OH is 1. The third kappa shape index (κ3) is 13.1. The number of hydrogen-bond donors (Lipinski definition) is 4. The fraction of sp³-hybridized carbons (Fsp3) is 0.514. The van der Waals surface area contributed by atoms with Crippen molar-refractivity contribution in [3.63, 3.8) is 0 Å². The van der Waals surface area contributed by atoms with Gasteiger partial charge >= 0.3 is 12.1 Å². The SMILES string of the molecule is CC(C)(C)[C@H](c1cc(-c2cc(F)ccc2F)cn1Cc1ccccc1)N(CCCNC(=O)OCC[Si](C)(C)C)C(O)CSCCC(N)C(=O)O. The van der Waals surface area contributed by atoms with Crippen LogP contribution in [0.1, 0.15) is 50.9 Å². The number of thioether (sulfide) groups is 1. The molecule has 276 valence electrons. The number of carboxylic acids is 1. The van der Waals surface area contributed by atoms with Crippen molar-refractivity contribution in [3.05, 3.63) is 83.7 Å². The molecule has 1 amide bonds. The van der Waals surface area contributed by atoms with E-state index < -0.39 is 55.5 Å². The van der Waals surface area contributed by atoms with E-state index >= 15 is 4.39 Å². The van der Waals surface area contributed by atoms with Gasteiger partial charge in [0.25, 0.3) is 0 Å². The van der Waals surface area contributed by atoms with E-state index in [2.05, 4.69) is 45.7 Å². The number of nitrogens with two attached hydrogens (primary N) is 1. The van der Waals surface area contributed by atoms with E-state index in [0.717, 1.165) is 29.4 Å². The fourth-order valence-electron chi connectivity index (χ4n) is 5.67. The highest BCUT2D eigenvalue weighted by Crippen LogP contribution is 2.42. The second-order valence-electron chi connectivity index (χ2n) is 14.9. The van der Waals surface area contributed by atoms with Crippen molar-refractivity contribution >= 4 is 31.9 Å². The van der Waals surface area contributed by atoms with Crippen LogP contribution in [0.5, 0.6) is 0 Å². The number of benzene rings is 2. The van der Waals surface area contributed by atoms with Crippen molar-refractivity contribution in [2.24, 2.45) is 11.1 Å². The van der Waals surface area contributed by atoms with Crippen molar-refractivity contribution in [2.45, 2.75) is 84.2 Å². The molecule has 0 fully saturated rings. The van der Waals surface area contributed by atoms with E-state index in [4.69, 9.17) is 10.5 Å². The zero-order valence-corrected chi connectivity index (χ0v) is 31.9. The number of aliphatic carboxylic acids is 1. The summed E-state index contributed by atoms with van der Waals surface area (Å²) in [7, 11) is -1.35. The summed E-state index contributed by atoms with van der Waals surface area (Å²) >= 11 is 1.41. The Labute approximate surface area is 300 Å². The van der Waals surface area contributed by atoms with Gasteiger partial charge in [0.1, 0.15) is 23.9 Å². The van der Waals surface area contributed by atoms with Gasteiger partial charge in [-0.3, -0.25) is 9.69 Å². The predicted octanol–water partition coefficient (Wildman–Crippen LogP) is 7.18. The van der Waals surface area contributed by atoms with Crippen molar-refractivity contribution in [2.75, 3.05) is 31.2 Å². The molecule has 2 unspecified atom stereocenters. The van der Waals surface area contributed by atoms with Gasteiger partial charge in [-0.1, -0.05) is 70.7 Å². The number of aliphatic hydroxyl groups is 1. The van der Waals surface area contributed by atoms with Gasteiger partial charge in [0.05, 0.1) is 12.6 Å². The average molecular weight is 733 g/mol. The van der Waals surface area contributed by atoms with E-state index in [-0.39, 0.29) is 17.7 Å². The maximum Gasteiger partial charge on any atom is 0.407 e. The van der Waals surface area contributed by atoms with Crippen molar-refractivity contribution in [1.82, 2.24) is 14.8 Å². The predicted molar refractivity (Wildman–Crippen MR) is 200 cm³/mol. The Kier molecular flexibility index (Phi) is 15.5. The Balaban J connectivity index is 1.96. The molecule has 0 saturated carbocycles. The molecule has 0 bridgehead atoms. The first-order chi connectivity index (χ1) is 23.5. The molecule has 0 aliphatic heterocycles. The number of ether oxygens (including phenoxy) is 1. The molecule has 0 radical (unpaired) electrons. The maximum atomic E-state index is 15.1. The van der Waals surface area contributed by atoms with Gasteiger partial charge in [0.15, 0.2) is 0 Å². The Hall–Kier alpha value is -3.23. The van der Waals surface area contributed by atoms with Crippen molar-refractivity contribution in [1.29, 1.82) is 0 Å². The van der Waals surface area contributed by atoms with E-state index in [9.17, 15) is 24.2 Å². The summed E-state index contributed by atoms with van der Waals surface area (Å²) in [6, 6.07) is 14.5. The third-order valence-electron chi connectivity index (χ3n) is 8.29. The molecule has 2 aromatic carbocycles. The molecule has 0 aliphatic carbocycles. The monoisotopic (exact) mass is 732 g/mol. The van der Waals surface area contributed by atoms with Crippen LogP contribution in [0.15, 0.2) is 60.8 Å². The summed E-state index contributed by atoms with van der Waals surface area (Å²) in [6.07, 6.45) is 1.12. The van der Waals surface area contributed by atoms with Crippen LogP contribution in [0, 0.1) is 17.0 Å². The molecule has 0 spiro atoms. The number of alkyl carbamates (subject to hydrolysis) is 1. The van der Waals surface area contributed by atoms with Crippen molar-refractivity contribution in [3.8, 4) is 11.1 Å². The number of hydrogen-bond acceptors (Lipinski definition) is 7. The molecular weight excluding hydrogens is 679 g/mol. The Morgan fingerprint density at radius 1 is 1.10 bits per heavy atom. The zero-order chi connectivity index (χ0) is 37.1. The maximum absolute atomic E-state index is 15.1. The highest BCUT2D eigenvalue weighted by molar-refractivity contribution is 7.99. The van der Waals surface area contributed by atoms with Crippen LogP contribution < -0.4 is 11.1 Å². The number of nitrogens with zero attached hydrogens (tertiary/aromatic N) is 2. The standard InChI is InChI=1S/C37H54F2N4O5SSi/c1-37(2,3)34(32-21-27(29-22-28(38)13-14-30(29)39)24-42(32)23-26-11-8-7-9-12-26)43(33(44)25-49-19-15-31(40)35(45)46)17-10-16-41-36(47)48-18-20-50(4,5)6/h7-9,11-14,21-22,24,31,33-34,44H,10,15-20,23,25,40H2,1-6H3,(H,41,47)(H,45,46)/t31?,33?,34-/m0/s1. The van der Waals surface area contributed by atoms with E-state index in [1.54, 1.807) is 0 Å². The minimum atomic E-state index is -1.35. The van der Waals surface area contributed by atoms with Gasteiger partial charge in [0, 0.05) is 56.5 Å². The third-order valence-corrected chi connectivity index (χ3v) is 11.0. The summed E-state index contributed by atoms with van der Waals surface area (Å²) in [5, 5.41) is 23.8. The highest BCUT2D eigenvalue weighted by atomic mass is 32.2. The van der Waals surface area contributed by atoms with Crippen molar-refractivity contribution < 1.29 is 33.3 Å². The van der Waals surface area contributed by atoms with Crippen LogP contribution in [0.2, 0.25) is 25.7 Å². The topological polar surface area (TPSA) is 130 Å². The van der Waals surface area contributed by atoms with Crippen LogP contribution in [-0.2, 0) is 16.1 Å². The first-order valence-corrected chi connectivity index (χ1v) is 21.9. The number of rotatable bonds is 19. The second kappa shape index (κ2) is 18.8. The van der Waals surface area contributed by atoms with Gasteiger partial charge in [-0.2, -0.15) is 11.8 Å². The number of nitrogens with one attached hydrogen (secondary N) is 1. The first kappa shape index (κ1) is 41.2. The number of carbonyl (C=O) groups excluding carboxylic acids is 1. The van der Waals surface area contributed by atoms with E-state index in [1.807, 2.05) is 52.1 Å². The lowest BCUT2D eigenvalue weighted by molar-refractivity contribution is -0.138. The smallest absolute Gasteiger partial charge is 0.407 e. The number of carbonyl (C=O) groups is 2. The number of carboxylic acid groups (broad SMARTS) is 1. The molecule has 9 nitrogen and oxygen atoms in total. The van der Waals surface area contributed by atoms with Gasteiger partial charge in [-0.25, -0.2) is 13.6 Å². The Morgan fingerprint density at radius 3 is 2.44 bits per heavy atom. The molecule has 50 heavy (non-hydrogen) atoms. The summed E-state index contributed by atoms with van der Waals surface area (Å²) < 4.78 is 36.9. The molecule has 3 atom stereocenters. The molecular formula is C37H54F2N4O5SSi. The molecule has 1 heterocycles. The van der Waals surface area contributed by atoms with E-state index in [1.165, 1.54) is 17.8 Å². The first-order valence-electron chi connectivity index (χ1n) is 17.1. The number of halogens is 2. The highest BCUT2D eigenvalue weighted by Gasteiger charge is 2.37. The molecule has 5 N–H and O–H groups in total. The van der Waals surface area contributed by atoms with Crippen LogP contribution in [0.4, 0.5) is 13.6 Å². The molecule has 0 saturated heterocycles. The number of amides is 1. The lowest BCUT2D eigenvalue weighted by Gasteiger charge is -2.43. The molecule has 3 rings (SSSR count). The largest absolute Gasteiger partial charge is 0.480 e. The minimum Gasteiger partial charge on any atom is -0.480 e. The van der Waals surface area contributed by atoms with Crippen LogP contribution >= 0.6 is 11.8 Å². The summed E-state index contributed by atoms with van der Waals surface area (Å²) in [6.45, 7) is 14.4. The molecule has 1 aromatic heterocycles. The average Bonchev–Trinajstić information content (AvgIpc) is 3.43. The second-order valence-corrected chi connectivity index (χ2v) is 21.7. The summed E-state index contributed by atoms with van der Waals surface area (Å²) in [5.74, 6) is -1.45. The van der Waals surface area contributed by atoms with E-state index in [0.29, 0.717) is 44.0 Å². The fourth-order valence-corrected chi connectivity index (χ4v) is 7.38. The Bertz CT molecular complexity index is 1530. The summed E-state index contributed by atoms with van der Waals surface area (Å²) in [5.41, 5.74) is 7.70. The van der Waals surface area contributed by atoms with Gasteiger partial charge < -0.3 is 30.6 Å². The van der Waals surface area contributed by atoms with Crippen LogP contribution in [0.25, 0.3) is 11.1 Å².